The standard InChI is InChI=1S/C10H11BrClN3/c1-13-5-4-9-14-10(11)8-3-2-7(12)6-15(8)9/h2-3,6,13H,4-5H2,1H3. The number of fused-ring (bicyclic) bond motifs is 1. The van der Waals surface area contributed by atoms with Gasteiger partial charge >= 0.3 is 0 Å². The van der Waals surface area contributed by atoms with Crippen molar-refractivity contribution in [1.82, 2.24) is 14.7 Å². The molecule has 0 saturated heterocycles. The maximum Gasteiger partial charge on any atom is 0.132 e. The SMILES string of the molecule is CNCCc1nc(Br)c2ccc(Cl)cn12. The molecule has 0 unspecified atom stereocenters. The molecule has 3 nitrogen and oxygen atoms in total. The molecule has 0 atom stereocenters. The van der Waals surface area contributed by atoms with E-state index in [1.165, 1.54) is 0 Å². The summed E-state index contributed by atoms with van der Waals surface area (Å²) in [7, 11) is 1.93. The van der Waals surface area contributed by atoms with Crippen molar-refractivity contribution in [3.63, 3.8) is 0 Å². The van der Waals surface area contributed by atoms with Crippen LogP contribution in [0.3, 0.4) is 0 Å². The zero-order chi connectivity index (χ0) is 10.8. The van der Waals surface area contributed by atoms with E-state index in [4.69, 9.17) is 11.6 Å². The molecule has 15 heavy (non-hydrogen) atoms. The third-order valence-electron chi connectivity index (χ3n) is 2.23. The van der Waals surface area contributed by atoms with Gasteiger partial charge in [0, 0.05) is 19.2 Å². The lowest BCUT2D eigenvalue weighted by atomic mass is 10.4. The van der Waals surface area contributed by atoms with Crippen molar-refractivity contribution < 1.29 is 0 Å². The smallest absolute Gasteiger partial charge is 0.132 e. The summed E-state index contributed by atoms with van der Waals surface area (Å²) in [5.41, 5.74) is 1.05. The fraction of sp³-hybridized carbons (Fsp3) is 0.300. The topological polar surface area (TPSA) is 29.3 Å². The summed E-state index contributed by atoms with van der Waals surface area (Å²) in [5.74, 6) is 1.01. The Bertz CT molecular complexity index is 481. The van der Waals surface area contributed by atoms with Gasteiger partial charge in [0.1, 0.15) is 10.4 Å². The number of halogens is 2. The number of aromatic nitrogens is 2. The number of likely N-dealkylation sites (N-methyl/N-ethyl adjacent to an activating group) is 1. The Morgan fingerprint density at radius 3 is 3.07 bits per heavy atom. The molecular formula is C10H11BrClN3. The number of rotatable bonds is 3. The Kier molecular flexibility index (Phi) is 3.29. The second-order valence-corrected chi connectivity index (χ2v) is 4.46. The van der Waals surface area contributed by atoms with Gasteiger partial charge in [-0.2, -0.15) is 0 Å². The van der Waals surface area contributed by atoms with E-state index in [0.29, 0.717) is 0 Å². The number of pyridine rings is 1. The molecule has 0 spiro atoms. The number of nitrogens with one attached hydrogen (secondary N) is 1. The van der Waals surface area contributed by atoms with Crippen LogP contribution in [0.15, 0.2) is 22.9 Å². The van der Waals surface area contributed by atoms with Crippen molar-refractivity contribution in [1.29, 1.82) is 0 Å². The predicted octanol–water partition coefficient (Wildman–Crippen LogP) is 2.51. The minimum atomic E-state index is 0.720. The Morgan fingerprint density at radius 1 is 1.53 bits per heavy atom. The molecule has 0 amide bonds. The maximum atomic E-state index is 5.95. The lowest BCUT2D eigenvalue weighted by molar-refractivity contribution is 0.752. The van der Waals surface area contributed by atoms with Crippen molar-refractivity contribution in [2.45, 2.75) is 6.42 Å². The summed E-state index contributed by atoms with van der Waals surface area (Å²) >= 11 is 9.39. The van der Waals surface area contributed by atoms with Crippen LogP contribution in [-0.4, -0.2) is 23.0 Å². The van der Waals surface area contributed by atoms with E-state index in [-0.39, 0.29) is 0 Å². The van der Waals surface area contributed by atoms with Crippen LogP contribution in [0.4, 0.5) is 0 Å². The first-order valence-corrected chi connectivity index (χ1v) is 5.86. The highest BCUT2D eigenvalue weighted by Crippen LogP contribution is 2.21. The molecule has 0 aromatic carbocycles. The lowest BCUT2D eigenvalue weighted by Crippen LogP contribution is -2.12. The number of imidazole rings is 1. The van der Waals surface area contributed by atoms with Crippen molar-refractivity contribution >= 4 is 33.0 Å². The molecule has 2 aromatic rings. The van der Waals surface area contributed by atoms with E-state index < -0.39 is 0 Å². The molecule has 0 radical (unpaired) electrons. The van der Waals surface area contributed by atoms with Gasteiger partial charge in [-0.1, -0.05) is 11.6 Å². The normalized spacial score (nSPS) is 11.1. The molecule has 0 saturated carbocycles. The van der Waals surface area contributed by atoms with Gasteiger partial charge in [0.25, 0.3) is 0 Å². The van der Waals surface area contributed by atoms with Crippen LogP contribution in [-0.2, 0) is 6.42 Å². The molecule has 80 valence electrons. The Hall–Kier alpha value is -0.580. The predicted molar refractivity (Wildman–Crippen MR) is 65.5 cm³/mol. The molecular weight excluding hydrogens is 277 g/mol. The van der Waals surface area contributed by atoms with Crippen molar-refractivity contribution in [2.24, 2.45) is 0 Å². The van der Waals surface area contributed by atoms with Crippen LogP contribution < -0.4 is 5.32 Å². The molecule has 2 heterocycles. The second kappa shape index (κ2) is 4.51. The maximum absolute atomic E-state index is 5.95. The van der Waals surface area contributed by atoms with E-state index in [1.807, 2.05) is 29.8 Å². The first kappa shape index (κ1) is 10.9. The minimum Gasteiger partial charge on any atom is -0.319 e. The van der Waals surface area contributed by atoms with Gasteiger partial charge in [-0.05, 0) is 35.1 Å². The molecule has 1 N–H and O–H groups in total. The number of hydrogen-bond donors (Lipinski definition) is 1. The molecule has 2 aromatic heterocycles. The average Bonchev–Trinajstić information content (AvgIpc) is 2.52. The summed E-state index contributed by atoms with van der Waals surface area (Å²) in [4.78, 5) is 4.45. The molecule has 0 aliphatic rings. The third-order valence-corrected chi connectivity index (χ3v) is 3.03. The highest BCUT2D eigenvalue weighted by Gasteiger charge is 2.08. The number of hydrogen-bond acceptors (Lipinski definition) is 2. The highest BCUT2D eigenvalue weighted by atomic mass is 79.9. The number of nitrogens with zero attached hydrogens (tertiary/aromatic N) is 2. The summed E-state index contributed by atoms with van der Waals surface area (Å²) < 4.78 is 2.88. The Morgan fingerprint density at radius 2 is 2.33 bits per heavy atom. The van der Waals surface area contributed by atoms with Crippen molar-refractivity contribution in [2.75, 3.05) is 13.6 Å². The summed E-state index contributed by atoms with van der Waals surface area (Å²) in [6.45, 7) is 0.901. The Labute approximate surface area is 102 Å². The fourth-order valence-electron chi connectivity index (χ4n) is 1.49. The van der Waals surface area contributed by atoms with E-state index >= 15 is 0 Å². The van der Waals surface area contributed by atoms with Crippen molar-refractivity contribution in [3.8, 4) is 0 Å². The van der Waals surface area contributed by atoms with Gasteiger partial charge in [-0.15, -0.1) is 0 Å². The second-order valence-electron chi connectivity index (χ2n) is 3.27. The zero-order valence-electron chi connectivity index (χ0n) is 8.30. The van der Waals surface area contributed by atoms with Gasteiger partial charge in [-0.25, -0.2) is 4.98 Å². The van der Waals surface area contributed by atoms with Gasteiger partial charge < -0.3 is 9.72 Å². The molecule has 5 heteroatoms. The van der Waals surface area contributed by atoms with E-state index in [9.17, 15) is 0 Å². The Balaban J connectivity index is 2.49. The minimum absolute atomic E-state index is 0.720. The zero-order valence-corrected chi connectivity index (χ0v) is 10.6. The summed E-state index contributed by atoms with van der Waals surface area (Å²) in [5, 5.41) is 3.82. The van der Waals surface area contributed by atoms with Gasteiger partial charge in [0.05, 0.1) is 10.5 Å². The van der Waals surface area contributed by atoms with Gasteiger partial charge in [0.15, 0.2) is 0 Å². The van der Waals surface area contributed by atoms with Crippen molar-refractivity contribution in [3.05, 3.63) is 33.8 Å². The highest BCUT2D eigenvalue weighted by molar-refractivity contribution is 9.10. The van der Waals surface area contributed by atoms with Gasteiger partial charge in [0.2, 0.25) is 0 Å². The average molecular weight is 289 g/mol. The molecule has 0 fully saturated rings. The van der Waals surface area contributed by atoms with Crippen LogP contribution >= 0.6 is 27.5 Å². The van der Waals surface area contributed by atoms with E-state index in [2.05, 4.69) is 26.2 Å². The first-order chi connectivity index (χ1) is 7.22. The van der Waals surface area contributed by atoms with E-state index in [1.54, 1.807) is 0 Å². The monoisotopic (exact) mass is 287 g/mol. The fourth-order valence-corrected chi connectivity index (χ4v) is 2.18. The quantitative estimate of drug-likeness (QED) is 0.940. The molecule has 0 bridgehead atoms. The molecule has 0 aliphatic carbocycles. The third kappa shape index (κ3) is 2.17. The van der Waals surface area contributed by atoms with Gasteiger partial charge in [-0.3, -0.25) is 0 Å². The molecule has 2 rings (SSSR count). The van der Waals surface area contributed by atoms with Crippen LogP contribution in [0.25, 0.3) is 5.52 Å². The summed E-state index contributed by atoms with van der Waals surface area (Å²) in [6, 6.07) is 3.83. The largest absolute Gasteiger partial charge is 0.319 e. The van der Waals surface area contributed by atoms with Crippen LogP contribution in [0.1, 0.15) is 5.82 Å². The van der Waals surface area contributed by atoms with Crippen LogP contribution in [0.2, 0.25) is 5.02 Å². The lowest BCUT2D eigenvalue weighted by Gasteiger charge is -2.00. The van der Waals surface area contributed by atoms with Crippen LogP contribution in [0.5, 0.6) is 0 Å². The van der Waals surface area contributed by atoms with Crippen LogP contribution in [0, 0.1) is 0 Å². The molecule has 0 aliphatic heterocycles. The van der Waals surface area contributed by atoms with E-state index in [0.717, 1.165) is 33.9 Å². The first-order valence-electron chi connectivity index (χ1n) is 4.69. The summed E-state index contributed by atoms with van der Waals surface area (Å²) in [6.07, 6.45) is 2.77.